The maximum atomic E-state index is 11.7. The number of aliphatic carboxylic acids is 1. The molecule has 1 saturated carbocycles. The van der Waals surface area contributed by atoms with Gasteiger partial charge in [0.05, 0.1) is 12.2 Å². The second-order valence-electron chi connectivity index (χ2n) is 6.09. The average molecular weight is 291 g/mol. The van der Waals surface area contributed by atoms with Crippen LogP contribution in [0.25, 0.3) is 0 Å². The van der Waals surface area contributed by atoms with Gasteiger partial charge in [0.2, 0.25) is 10.0 Å². The summed E-state index contributed by atoms with van der Waals surface area (Å²) in [4.78, 5) is 10.4. The Morgan fingerprint density at radius 3 is 2.37 bits per heavy atom. The van der Waals surface area contributed by atoms with Crippen LogP contribution < -0.4 is 4.72 Å². The minimum Gasteiger partial charge on any atom is -0.481 e. The summed E-state index contributed by atoms with van der Waals surface area (Å²) < 4.78 is 26.1. The van der Waals surface area contributed by atoms with Crippen molar-refractivity contribution in [2.24, 2.45) is 11.3 Å². The third kappa shape index (κ3) is 5.91. The number of sulfonamides is 1. The van der Waals surface area contributed by atoms with Gasteiger partial charge in [-0.3, -0.25) is 4.79 Å². The first kappa shape index (κ1) is 16.4. The number of rotatable bonds is 8. The molecule has 0 amide bonds. The molecular formula is C13H25NO4S. The molecule has 0 spiro atoms. The van der Waals surface area contributed by atoms with Crippen LogP contribution in [0.4, 0.5) is 0 Å². The van der Waals surface area contributed by atoms with E-state index < -0.39 is 16.0 Å². The highest BCUT2D eigenvalue weighted by molar-refractivity contribution is 7.89. The van der Waals surface area contributed by atoms with Crippen molar-refractivity contribution in [1.29, 1.82) is 0 Å². The lowest BCUT2D eigenvalue weighted by Gasteiger charge is -2.31. The molecule has 0 bridgehead atoms. The Kier molecular flexibility index (Phi) is 5.80. The van der Waals surface area contributed by atoms with Crippen LogP contribution >= 0.6 is 0 Å². The molecule has 0 saturated heterocycles. The van der Waals surface area contributed by atoms with E-state index in [2.05, 4.69) is 18.6 Å². The molecule has 5 nitrogen and oxygen atoms in total. The van der Waals surface area contributed by atoms with Gasteiger partial charge < -0.3 is 5.11 Å². The van der Waals surface area contributed by atoms with Crippen molar-refractivity contribution >= 4 is 16.0 Å². The Hall–Kier alpha value is -0.620. The van der Waals surface area contributed by atoms with Crippen molar-refractivity contribution in [3.8, 4) is 0 Å². The summed E-state index contributed by atoms with van der Waals surface area (Å²) in [5.74, 6) is -0.871. The number of carbonyl (C=O) groups is 1. The minimum atomic E-state index is -3.47. The zero-order valence-corrected chi connectivity index (χ0v) is 12.6. The van der Waals surface area contributed by atoms with Crippen LogP contribution in [0.1, 0.15) is 52.4 Å². The normalized spacial score (nSPS) is 18.9. The van der Waals surface area contributed by atoms with E-state index in [-0.39, 0.29) is 17.6 Å². The second-order valence-corrected chi connectivity index (χ2v) is 8.02. The van der Waals surface area contributed by atoms with Crippen molar-refractivity contribution in [3.05, 3.63) is 0 Å². The molecule has 0 aliphatic heterocycles. The lowest BCUT2D eigenvalue weighted by molar-refractivity contribution is -0.136. The maximum absolute atomic E-state index is 11.7. The quantitative estimate of drug-likeness (QED) is 0.716. The Labute approximate surface area is 115 Å². The second kappa shape index (κ2) is 6.70. The topological polar surface area (TPSA) is 83.5 Å². The smallest absolute Gasteiger partial charge is 0.304 e. The summed E-state index contributed by atoms with van der Waals surface area (Å²) >= 11 is 0. The molecule has 0 aromatic heterocycles. The van der Waals surface area contributed by atoms with Crippen LogP contribution in [-0.4, -0.2) is 31.8 Å². The van der Waals surface area contributed by atoms with E-state index in [4.69, 9.17) is 5.11 Å². The molecule has 0 radical (unpaired) electrons. The minimum absolute atomic E-state index is 0.0739. The van der Waals surface area contributed by atoms with Gasteiger partial charge in [0.1, 0.15) is 0 Å². The van der Waals surface area contributed by atoms with Crippen LogP contribution in [0.3, 0.4) is 0 Å². The molecule has 0 atom stereocenters. The van der Waals surface area contributed by atoms with Gasteiger partial charge in [0.25, 0.3) is 0 Å². The average Bonchev–Trinajstić information content (AvgIpc) is 2.72. The van der Waals surface area contributed by atoms with Crippen molar-refractivity contribution in [2.75, 3.05) is 12.3 Å². The highest BCUT2D eigenvalue weighted by Gasteiger charge is 2.35. The van der Waals surface area contributed by atoms with Gasteiger partial charge in [-0.15, -0.1) is 0 Å². The zero-order valence-electron chi connectivity index (χ0n) is 11.8. The van der Waals surface area contributed by atoms with Crippen LogP contribution in [0.2, 0.25) is 0 Å². The van der Waals surface area contributed by atoms with E-state index in [1.807, 2.05) is 0 Å². The van der Waals surface area contributed by atoms with Crippen molar-refractivity contribution in [1.82, 2.24) is 4.72 Å². The van der Waals surface area contributed by atoms with Crippen molar-refractivity contribution < 1.29 is 18.3 Å². The number of hydrogen-bond acceptors (Lipinski definition) is 3. The largest absolute Gasteiger partial charge is 0.481 e. The molecule has 1 aliphatic carbocycles. The van der Waals surface area contributed by atoms with Crippen LogP contribution in [0.5, 0.6) is 0 Å². The lowest BCUT2D eigenvalue weighted by Crippen LogP contribution is -2.38. The summed E-state index contributed by atoms with van der Waals surface area (Å²) in [5, 5.41) is 8.53. The predicted octanol–water partition coefficient (Wildman–Crippen LogP) is 1.99. The molecule has 0 heterocycles. The number of nitrogens with one attached hydrogen (secondary N) is 1. The fourth-order valence-electron chi connectivity index (χ4n) is 3.00. The molecule has 2 N–H and O–H groups in total. The summed E-state index contributed by atoms with van der Waals surface area (Å²) in [5.41, 5.74) is 0.0739. The molecule has 1 rings (SSSR count). The molecule has 6 heteroatoms. The number of carboxylic acids is 1. The van der Waals surface area contributed by atoms with Crippen LogP contribution in [0.15, 0.2) is 0 Å². The molecule has 0 aromatic carbocycles. The van der Waals surface area contributed by atoms with E-state index in [0.717, 1.165) is 32.1 Å². The Bertz CT molecular complexity index is 397. The van der Waals surface area contributed by atoms with Crippen molar-refractivity contribution in [2.45, 2.75) is 52.4 Å². The van der Waals surface area contributed by atoms with Gasteiger partial charge in [0.15, 0.2) is 0 Å². The molecular weight excluding hydrogens is 266 g/mol. The van der Waals surface area contributed by atoms with Gasteiger partial charge in [-0.2, -0.15) is 0 Å². The van der Waals surface area contributed by atoms with Crippen LogP contribution in [-0.2, 0) is 14.8 Å². The first-order valence-corrected chi connectivity index (χ1v) is 8.59. The van der Waals surface area contributed by atoms with E-state index in [1.165, 1.54) is 0 Å². The summed E-state index contributed by atoms with van der Waals surface area (Å²) in [6.45, 7) is 4.76. The van der Waals surface area contributed by atoms with Gasteiger partial charge in [-0.1, -0.05) is 26.7 Å². The van der Waals surface area contributed by atoms with E-state index in [1.54, 1.807) is 0 Å². The molecule has 1 aliphatic rings. The monoisotopic (exact) mass is 291 g/mol. The van der Waals surface area contributed by atoms with Gasteiger partial charge in [-0.25, -0.2) is 13.1 Å². The third-order valence-corrected chi connectivity index (χ3v) is 5.08. The molecule has 0 unspecified atom stereocenters. The lowest BCUT2D eigenvalue weighted by atomic mass is 9.79. The van der Waals surface area contributed by atoms with Gasteiger partial charge in [-0.05, 0) is 30.6 Å². The molecule has 19 heavy (non-hydrogen) atoms. The highest BCUT2D eigenvalue weighted by Crippen LogP contribution is 2.42. The number of carboxylic acid groups (broad SMARTS) is 1. The summed E-state index contributed by atoms with van der Waals surface area (Å²) in [7, 11) is -3.47. The van der Waals surface area contributed by atoms with Gasteiger partial charge in [0, 0.05) is 6.54 Å². The highest BCUT2D eigenvalue weighted by atomic mass is 32.2. The number of hydrogen-bond donors (Lipinski definition) is 2. The zero-order chi connectivity index (χ0) is 14.5. The van der Waals surface area contributed by atoms with Gasteiger partial charge >= 0.3 is 5.97 Å². The molecule has 112 valence electrons. The first-order chi connectivity index (χ1) is 8.75. The third-order valence-electron chi connectivity index (χ3n) is 3.76. The SMILES string of the molecule is CC(C)CC1(CNS(=O)(=O)CCC(=O)O)CCCC1. The summed E-state index contributed by atoms with van der Waals surface area (Å²) in [6, 6.07) is 0. The van der Waals surface area contributed by atoms with E-state index >= 15 is 0 Å². The predicted molar refractivity (Wildman–Crippen MR) is 74.4 cm³/mol. The summed E-state index contributed by atoms with van der Waals surface area (Å²) in [6.07, 6.45) is 5.12. The fraction of sp³-hybridized carbons (Fsp3) is 0.923. The fourth-order valence-corrected chi connectivity index (χ4v) is 4.11. The standard InChI is InChI=1S/C13H25NO4S/c1-11(2)9-13(6-3-4-7-13)10-14-19(17,18)8-5-12(15)16/h11,14H,3-10H2,1-2H3,(H,15,16). The molecule has 0 aromatic rings. The van der Waals surface area contributed by atoms with Crippen molar-refractivity contribution in [3.63, 3.8) is 0 Å². The van der Waals surface area contributed by atoms with E-state index in [0.29, 0.717) is 12.5 Å². The first-order valence-electron chi connectivity index (χ1n) is 6.94. The maximum Gasteiger partial charge on any atom is 0.304 e. The van der Waals surface area contributed by atoms with Crippen LogP contribution in [0, 0.1) is 11.3 Å². The van der Waals surface area contributed by atoms with E-state index in [9.17, 15) is 13.2 Å². The Balaban J connectivity index is 2.54. The Morgan fingerprint density at radius 2 is 1.89 bits per heavy atom. The Morgan fingerprint density at radius 1 is 1.32 bits per heavy atom. The molecule has 1 fully saturated rings.